The van der Waals surface area contributed by atoms with Gasteiger partial charge in [-0.1, -0.05) is 43.3 Å². The van der Waals surface area contributed by atoms with Crippen LogP contribution in [0.2, 0.25) is 0 Å². The molecule has 0 spiro atoms. The standard InChI is InChI=1S/C22H26N2O2/c1-22-10-11-24(2)19(13-16-8-9-17(25)14-18(16)22)21(22)23-20(26)12-15-6-4-3-5-7-15/h3-9,14,19,21,25H,10-13H2,1-2H3,(H,23,26)/t19-,21+,22-/m1/s1. The van der Waals surface area contributed by atoms with E-state index in [4.69, 9.17) is 0 Å². The van der Waals surface area contributed by atoms with Gasteiger partial charge in [0.05, 0.1) is 12.5 Å². The Bertz CT molecular complexity index is 820. The average Bonchev–Trinajstić information content (AvgIpc) is 2.62. The molecule has 0 radical (unpaired) electrons. The molecule has 0 aromatic heterocycles. The number of aromatic hydroxyl groups is 1. The monoisotopic (exact) mass is 350 g/mol. The van der Waals surface area contributed by atoms with Gasteiger partial charge in [0.15, 0.2) is 0 Å². The van der Waals surface area contributed by atoms with Gasteiger partial charge in [-0.25, -0.2) is 0 Å². The number of nitrogens with zero attached hydrogens (tertiary/aromatic N) is 1. The lowest BCUT2D eigenvalue weighted by atomic mass is 9.61. The van der Waals surface area contributed by atoms with Crippen LogP contribution in [-0.4, -0.2) is 41.6 Å². The van der Waals surface area contributed by atoms with Crippen LogP contribution < -0.4 is 5.32 Å². The molecule has 2 aromatic rings. The van der Waals surface area contributed by atoms with Gasteiger partial charge in [0.2, 0.25) is 5.91 Å². The summed E-state index contributed by atoms with van der Waals surface area (Å²) >= 11 is 0. The molecule has 1 aliphatic carbocycles. The van der Waals surface area contributed by atoms with E-state index in [0.717, 1.165) is 24.9 Å². The number of phenolic OH excluding ortho intramolecular Hbond substituents is 1. The minimum absolute atomic E-state index is 0.0479. The molecule has 136 valence electrons. The van der Waals surface area contributed by atoms with Crippen molar-refractivity contribution in [3.05, 3.63) is 65.2 Å². The maximum absolute atomic E-state index is 12.8. The number of phenols is 1. The highest BCUT2D eigenvalue weighted by Crippen LogP contribution is 2.45. The highest BCUT2D eigenvalue weighted by atomic mass is 16.3. The van der Waals surface area contributed by atoms with Crippen LogP contribution in [0.5, 0.6) is 5.75 Å². The van der Waals surface area contributed by atoms with Crippen molar-refractivity contribution in [3.8, 4) is 5.75 Å². The van der Waals surface area contributed by atoms with Crippen LogP contribution >= 0.6 is 0 Å². The zero-order valence-electron chi connectivity index (χ0n) is 15.4. The number of rotatable bonds is 3. The van der Waals surface area contributed by atoms with Gasteiger partial charge in [0.25, 0.3) is 0 Å². The minimum Gasteiger partial charge on any atom is -0.508 e. The van der Waals surface area contributed by atoms with E-state index in [-0.39, 0.29) is 23.4 Å². The van der Waals surface area contributed by atoms with Gasteiger partial charge in [-0.15, -0.1) is 0 Å². The fraction of sp³-hybridized carbons (Fsp3) is 0.409. The lowest BCUT2D eigenvalue weighted by Crippen LogP contribution is -2.67. The predicted octanol–water partition coefficient (Wildman–Crippen LogP) is 2.64. The number of hydrogen-bond donors (Lipinski definition) is 2. The van der Waals surface area contributed by atoms with E-state index in [2.05, 4.69) is 24.2 Å². The molecule has 3 atom stereocenters. The predicted molar refractivity (Wildman–Crippen MR) is 102 cm³/mol. The normalized spacial score (nSPS) is 27.6. The van der Waals surface area contributed by atoms with Crippen molar-refractivity contribution in [3.63, 3.8) is 0 Å². The summed E-state index contributed by atoms with van der Waals surface area (Å²) in [4.78, 5) is 15.1. The third-order valence-electron chi connectivity index (χ3n) is 6.28. The maximum Gasteiger partial charge on any atom is 0.224 e. The van der Waals surface area contributed by atoms with E-state index in [0.29, 0.717) is 12.2 Å². The van der Waals surface area contributed by atoms with Crippen molar-refractivity contribution in [2.75, 3.05) is 13.6 Å². The van der Waals surface area contributed by atoms with E-state index in [1.165, 1.54) is 11.1 Å². The van der Waals surface area contributed by atoms with Gasteiger partial charge >= 0.3 is 0 Å². The number of carbonyl (C=O) groups is 1. The van der Waals surface area contributed by atoms with Crippen molar-refractivity contribution in [1.82, 2.24) is 10.2 Å². The van der Waals surface area contributed by atoms with Gasteiger partial charge in [0.1, 0.15) is 5.75 Å². The van der Waals surface area contributed by atoms with Crippen molar-refractivity contribution >= 4 is 5.91 Å². The highest BCUT2D eigenvalue weighted by molar-refractivity contribution is 5.79. The van der Waals surface area contributed by atoms with Crippen LogP contribution in [0.3, 0.4) is 0 Å². The molecule has 4 heteroatoms. The summed E-state index contributed by atoms with van der Waals surface area (Å²) in [5.41, 5.74) is 3.35. The van der Waals surface area contributed by atoms with Gasteiger partial charge in [-0.3, -0.25) is 4.79 Å². The van der Waals surface area contributed by atoms with Crippen LogP contribution in [0.15, 0.2) is 48.5 Å². The summed E-state index contributed by atoms with van der Waals surface area (Å²) in [5.74, 6) is 0.369. The number of likely N-dealkylation sites (N-methyl/N-ethyl adjacent to an activating group) is 1. The van der Waals surface area contributed by atoms with Crippen molar-refractivity contribution in [1.29, 1.82) is 0 Å². The number of hydrogen-bond acceptors (Lipinski definition) is 3. The van der Waals surface area contributed by atoms with Gasteiger partial charge in [-0.05, 0) is 55.3 Å². The van der Waals surface area contributed by atoms with Crippen LogP contribution in [0.1, 0.15) is 30.0 Å². The summed E-state index contributed by atoms with van der Waals surface area (Å²) in [6.45, 7) is 3.24. The Balaban J connectivity index is 1.63. The van der Waals surface area contributed by atoms with E-state index in [1.54, 1.807) is 6.07 Å². The third kappa shape index (κ3) is 2.88. The molecule has 2 aliphatic rings. The first-order valence-corrected chi connectivity index (χ1v) is 9.33. The largest absolute Gasteiger partial charge is 0.508 e. The molecule has 1 amide bonds. The molecule has 2 aromatic carbocycles. The van der Waals surface area contributed by atoms with E-state index >= 15 is 0 Å². The molecular weight excluding hydrogens is 324 g/mol. The van der Waals surface area contributed by atoms with Gasteiger partial charge in [-0.2, -0.15) is 0 Å². The van der Waals surface area contributed by atoms with Crippen molar-refractivity contribution < 1.29 is 9.90 Å². The number of nitrogens with one attached hydrogen (secondary N) is 1. The average molecular weight is 350 g/mol. The first kappa shape index (κ1) is 17.1. The maximum atomic E-state index is 12.8. The third-order valence-corrected chi connectivity index (χ3v) is 6.28. The Hall–Kier alpha value is -2.33. The topological polar surface area (TPSA) is 52.6 Å². The second kappa shape index (κ2) is 6.44. The van der Waals surface area contributed by atoms with Crippen LogP contribution in [0, 0.1) is 0 Å². The van der Waals surface area contributed by atoms with Gasteiger partial charge < -0.3 is 15.3 Å². The molecular formula is C22H26N2O2. The lowest BCUT2D eigenvalue weighted by molar-refractivity contribution is -0.123. The Labute approximate surface area is 154 Å². The Morgan fingerprint density at radius 1 is 1.27 bits per heavy atom. The van der Waals surface area contributed by atoms with Crippen molar-refractivity contribution in [2.24, 2.45) is 0 Å². The molecule has 26 heavy (non-hydrogen) atoms. The summed E-state index contributed by atoms with van der Waals surface area (Å²) in [7, 11) is 2.14. The molecule has 2 bridgehead atoms. The number of likely N-dealkylation sites (tertiary alicyclic amines) is 1. The summed E-state index contributed by atoms with van der Waals surface area (Å²) in [6.07, 6.45) is 2.27. The molecule has 1 aliphatic heterocycles. The zero-order valence-corrected chi connectivity index (χ0v) is 15.4. The first-order chi connectivity index (χ1) is 12.5. The Morgan fingerprint density at radius 2 is 2.04 bits per heavy atom. The van der Waals surface area contributed by atoms with Gasteiger partial charge in [0, 0.05) is 11.5 Å². The second-order valence-electron chi connectivity index (χ2n) is 7.97. The Morgan fingerprint density at radius 3 is 2.81 bits per heavy atom. The van der Waals surface area contributed by atoms with E-state index < -0.39 is 0 Å². The van der Waals surface area contributed by atoms with Crippen LogP contribution in [0.25, 0.3) is 0 Å². The molecule has 0 saturated carbocycles. The lowest BCUT2D eigenvalue weighted by Gasteiger charge is -2.54. The van der Waals surface area contributed by atoms with Crippen LogP contribution in [0.4, 0.5) is 0 Å². The molecule has 1 heterocycles. The Kier molecular flexibility index (Phi) is 4.23. The smallest absolute Gasteiger partial charge is 0.224 e. The molecule has 4 nitrogen and oxygen atoms in total. The fourth-order valence-electron chi connectivity index (χ4n) is 4.75. The highest BCUT2D eigenvalue weighted by Gasteiger charge is 2.50. The molecule has 2 N–H and O–H groups in total. The fourth-order valence-corrected chi connectivity index (χ4v) is 4.75. The number of amides is 1. The quantitative estimate of drug-likeness (QED) is 0.895. The van der Waals surface area contributed by atoms with Crippen molar-refractivity contribution in [2.45, 2.75) is 43.7 Å². The SMILES string of the molecule is CN1CC[C@]2(C)c3cc(O)ccc3C[C@@H]1[C@@H]2NC(=O)Cc1ccccc1. The first-order valence-electron chi connectivity index (χ1n) is 9.33. The second-order valence-corrected chi connectivity index (χ2v) is 7.97. The number of fused-ring (bicyclic) bond motifs is 4. The van der Waals surface area contributed by atoms with E-state index in [9.17, 15) is 9.90 Å². The number of carbonyl (C=O) groups excluding carboxylic acids is 1. The molecule has 1 fully saturated rings. The molecule has 0 unspecified atom stereocenters. The summed E-state index contributed by atoms with van der Waals surface area (Å²) in [5, 5.41) is 13.4. The number of piperidine rings is 1. The minimum atomic E-state index is -0.157. The summed E-state index contributed by atoms with van der Waals surface area (Å²) in [6, 6.07) is 15.9. The van der Waals surface area contributed by atoms with Crippen LogP contribution in [-0.2, 0) is 23.1 Å². The number of benzene rings is 2. The molecule has 4 rings (SSSR count). The summed E-state index contributed by atoms with van der Waals surface area (Å²) < 4.78 is 0. The zero-order chi connectivity index (χ0) is 18.3. The molecule has 1 saturated heterocycles. The van der Waals surface area contributed by atoms with E-state index in [1.807, 2.05) is 42.5 Å².